The minimum atomic E-state index is 0.555. The van der Waals surface area contributed by atoms with Crippen LogP contribution in [-0.4, -0.2) is 35.8 Å². The van der Waals surface area contributed by atoms with Gasteiger partial charge in [-0.15, -0.1) is 0 Å². The minimum Gasteiger partial charge on any atom is -0.381 e. The fourth-order valence-electron chi connectivity index (χ4n) is 3.48. The number of nitrogens with zero attached hydrogens (tertiary/aromatic N) is 3. The van der Waals surface area contributed by atoms with E-state index < -0.39 is 0 Å². The Balaban J connectivity index is 1.79. The van der Waals surface area contributed by atoms with Gasteiger partial charge in [-0.3, -0.25) is 0 Å². The van der Waals surface area contributed by atoms with Crippen LogP contribution in [0.5, 0.6) is 0 Å². The van der Waals surface area contributed by atoms with Crippen molar-refractivity contribution < 1.29 is 4.74 Å². The Morgan fingerprint density at radius 1 is 1.24 bits per heavy atom. The zero-order valence-corrected chi connectivity index (χ0v) is 12.9. The van der Waals surface area contributed by atoms with Crippen LogP contribution in [0.4, 0.5) is 5.69 Å². The summed E-state index contributed by atoms with van der Waals surface area (Å²) in [5.41, 5.74) is 3.65. The third-order valence-corrected chi connectivity index (χ3v) is 4.81. The molecule has 0 saturated carbocycles. The number of rotatable bonds is 1. The smallest absolute Gasteiger partial charge is 0.140 e. The van der Waals surface area contributed by atoms with E-state index in [4.69, 9.17) is 16.3 Å². The van der Waals surface area contributed by atoms with E-state index in [2.05, 4.69) is 27.0 Å². The average molecular weight is 304 g/mol. The molecule has 21 heavy (non-hydrogen) atoms. The number of aryl methyl sites for hydroxylation is 1. The summed E-state index contributed by atoms with van der Waals surface area (Å²) in [5, 5.41) is 1.51. The number of benzene rings is 1. The molecule has 5 heteroatoms. The standard InChI is InChI=1S/C16H18ClN3O/c1-10-18-14-8-11-2-5-20(12-3-6-21-7-4-12)15(11)9-13(14)16(17)19-10/h8-9,12H,2-7H2,1H3. The van der Waals surface area contributed by atoms with Crippen molar-refractivity contribution in [1.29, 1.82) is 0 Å². The monoisotopic (exact) mass is 303 g/mol. The maximum absolute atomic E-state index is 6.31. The molecule has 2 aliphatic heterocycles. The highest BCUT2D eigenvalue weighted by molar-refractivity contribution is 6.34. The predicted octanol–water partition coefficient (Wildman–Crippen LogP) is 3.13. The van der Waals surface area contributed by atoms with E-state index in [1.54, 1.807) is 0 Å². The number of ether oxygens (including phenoxy) is 1. The molecule has 0 N–H and O–H groups in total. The third kappa shape index (κ3) is 2.27. The molecule has 110 valence electrons. The van der Waals surface area contributed by atoms with E-state index in [9.17, 15) is 0 Å². The maximum atomic E-state index is 6.31. The number of halogens is 1. The molecule has 0 spiro atoms. The molecule has 2 aromatic rings. The quantitative estimate of drug-likeness (QED) is 0.759. The Bertz CT molecular complexity index is 697. The highest BCUT2D eigenvalue weighted by Crippen LogP contribution is 2.36. The highest BCUT2D eigenvalue weighted by atomic mass is 35.5. The van der Waals surface area contributed by atoms with Gasteiger partial charge >= 0.3 is 0 Å². The zero-order chi connectivity index (χ0) is 14.4. The number of aromatic nitrogens is 2. The molecule has 1 saturated heterocycles. The van der Waals surface area contributed by atoms with Crippen LogP contribution in [0.2, 0.25) is 5.15 Å². The first kappa shape index (κ1) is 13.3. The largest absolute Gasteiger partial charge is 0.381 e. The number of hydrogen-bond donors (Lipinski definition) is 0. The summed E-state index contributed by atoms with van der Waals surface area (Å²) in [4.78, 5) is 11.3. The van der Waals surface area contributed by atoms with E-state index >= 15 is 0 Å². The summed E-state index contributed by atoms with van der Waals surface area (Å²) in [6, 6.07) is 4.95. The Kier molecular flexibility index (Phi) is 3.23. The molecule has 1 aromatic carbocycles. The van der Waals surface area contributed by atoms with Crippen LogP contribution in [-0.2, 0) is 11.2 Å². The second kappa shape index (κ2) is 5.11. The van der Waals surface area contributed by atoms with Crippen molar-refractivity contribution in [3.05, 3.63) is 28.7 Å². The normalized spacial score (nSPS) is 19.2. The van der Waals surface area contributed by atoms with Gasteiger partial charge in [-0.2, -0.15) is 0 Å². The van der Waals surface area contributed by atoms with Crippen molar-refractivity contribution >= 4 is 28.2 Å². The van der Waals surface area contributed by atoms with Gasteiger partial charge in [0, 0.05) is 36.9 Å². The second-order valence-electron chi connectivity index (χ2n) is 5.85. The van der Waals surface area contributed by atoms with Crippen LogP contribution in [0, 0.1) is 6.92 Å². The first-order chi connectivity index (χ1) is 10.2. The topological polar surface area (TPSA) is 38.2 Å². The molecular weight excluding hydrogens is 286 g/mol. The molecule has 3 heterocycles. The maximum Gasteiger partial charge on any atom is 0.140 e. The molecule has 2 aliphatic rings. The molecule has 4 rings (SSSR count). The average Bonchev–Trinajstić information content (AvgIpc) is 2.89. The first-order valence-electron chi connectivity index (χ1n) is 7.53. The van der Waals surface area contributed by atoms with Crippen LogP contribution in [0.15, 0.2) is 12.1 Å². The van der Waals surface area contributed by atoms with Crippen molar-refractivity contribution in [3.63, 3.8) is 0 Å². The third-order valence-electron chi connectivity index (χ3n) is 4.52. The summed E-state index contributed by atoms with van der Waals surface area (Å²) in [6.45, 7) is 4.70. The predicted molar refractivity (Wildman–Crippen MR) is 84.2 cm³/mol. The summed E-state index contributed by atoms with van der Waals surface area (Å²) >= 11 is 6.31. The van der Waals surface area contributed by atoms with Crippen molar-refractivity contribution in [2.75, 3.05) is 24.7 Å². The van der Waals surface area contributed by atoms with Gasteiger partial charge in [0.25, 0.3) is 0 Å². The van der Waals surface area contributed by atoms with E-state index in [0.717, 1.165) is 55.7 Å². The van der Waals surface area contributed by atoms with Crippen LogP contribution >= 0.6 is 11.6 Å². The summed E-state index contributed by atoms with van der Waals surface area (Å²) < 4.78 is 5.48. The fourth-order valence-corrected chi connectivity index (χ4v) is 3.76. The lowest BCUT2D eigenvalue weighted by Gasteiger charge is -2.33. The van der Waals surface area contributed by atoms with Crippen molar-refractivity contribution in [1.82, 2.24) is 9.97 Å². The number of anilines is 1. The van der Waals surface area contributed by atoms with Gasteiger partial charge in [-0.05, 0) is 43.9 Å². The second-order valence-corrected chi connectivity index (χ2v) is 6.20. The van der Waals surface area contributed by atoms with Gasteiger partial charge in [0.2, 0.25) is 0 Å². The van der Waals surface area contributed by atoms with E-state index in [1.807, 2.05) is 6.92 Å². The molecule has 0 bridgehead atoms. The summed E-state index contributed by atoms with van der Waals surface area (Å²) in [7, 11) is 0. The van der Waals surface area contributed by atoms with Crippen LogP contribution in [0.25, 0.3) is 10.9 Å². The molecule has 1 aromatic heterocycles. The van der Waals surface area contributed by atoms with Crippen LogP contribution in [0.3, 0.4) is 0 Å². The SMILES string of the molecule is Cc1nc(Cl)c2cc3c(cc2n1)CCN3C1CCOCC1. The molecule has 1 fully saturated rings. The fraction of sp³-hybridized carbons (Fsp3) is 0.500. The van der Waals surface area contributed by atoms with Crippen molar-refractivity contribution in [2.24, 2.45) is 0 Å². The Morgan fingerprint density at radius 3 is 2.86 bits per heavy atom. The van der Waals surface area contributed by atoms with E-state index in [0.29, 0.717) is 11.2 Å². The molecule has 0 aliphatic carbocycles. The van der Waals surface area contributed by atoms with E-state index in [-0.39, 0.29) is 0 Å². The number of hydrogen-bond acceptors (Lipinski definition) is 4. The lowest BCUT2D eigenvalue weighted by Crippen LogP contribution is -2.38. The van der Waals surface area contributed by atoms with Gasteiger partial charge < -0.3 is 9.64 Å². The lowest BCUT2D eigenvalue weighted by molar-refractivity contribution is 0.0848. The van der Waals surface area contributed by atoms with Gasteiger partial charge in [0.15, 0.2) is 0 Å². The summed E-state index contributed by atoms with van der Waals surface area (Å²) in [5.74, 6) is 0.728. The van der Waals surface area contributed by atoms with Crippen molar-refractivity contribution in [3.8, 4) is 0 Å². The van der Waals surface area contributed by atoms with Gasteiger partial charge in [-0.1, -0.05) is 11.6 Å². The zero-order valence-electron chi connectivity index (χ0n) is 12.1. The molecule has 4 nitrogen and oxygen atoms in total. The van der Waals surface area contributed by atoms with E-state index in [1.165, 1.54) is 11.3 Å². The number of fused-ring (bicyclic) bond motifs is 2. The van der Waals surface area contributed by atoms with Crippen molar-refractivity contribution in [2.45, 2.75) is 32.2 Å². The molecule has 0 radical (unpaired) electrons. The molecule has 0 atom stereocenters. The highest BCUT2D eigenvalue weighted by Gasteiger charge is 2.28. The Morgan fingerprint density at radius 2 is 2.05 bits per heavy atom. The van der Waals surface area contributed by atoms with Gasteiger partial charge in [0.05, 0.1) is 5.52 Å². The first-order valence-corrected chi connectivity index (χ1v) is 7.91. The lowest BCUT2D eigenvalue weighted by atomic mass is 10.1. The Hall–Kier alpha value is -1.39. The van der Waals surface area contributed by atoms with Gasteiger partial charge in [0.1, 0.15) is 11.0 Å². The van der Waals surface area contributed by atoms with Crippen LogP contribution < -0.4 is 4.90 Å². The molecule has 0 amide bonds. The summed E-state index contributed by atoms with van der Waals surface area (Å²) in [6.07, 6.45) is 3.30. The van der Waals surface area contributed by atoms with Gasteiger partial charge in [-0.25, -0.2) is 9.97 Å². The van der Waals surface area contributed by atoms with Crippen LogP contribution in [0.1, 0.15) is 24.2 Å². The Labute approximate surface area is 129 Å². The molecule has 0 unspecified atom stereocenters. The molecular formula is C16H18ClN3O. The minimum absolute atomic E-state index is 0.555.